The third kappa shape index (κ3) is 4.84. The van der Waals surface area contributed by atoms with Gasteiger partial charge in [-0.25, -0.2) is 19.3 Å². The highest BCUT2D eigenvalue weighted by Crippen LogP contribution is 2.40. The zero-order valence-corrected chi connectivity index (χ0v) is 19.9. The fourth-order valence-corrected chi connectivity index (χ4v) is 5.36. The highest BCUT2D eigenvalue weighted by molar-refractivity contribution is 8.00. The number of rotatable bonds is 7. The summed E-state index contributed by atoms with van der Waals surface area (Å²) in [4.78, 5) is 75.7. The van der Waals surface area contributed by atoms with Crippen LogP contribution in [0.3, 0.4) is 0 Å². The Kier molecular flexibility index (Phi) is 7.15. The fourth-order valence-electron chi connectivity index (χ4n) is 4.03. The quantitative estimate of drug-likeness (QED) is 0.281. The second kappa shape index (κ2) is 10.3. The molecule has 6 amide bonds. The smallest absolute Gasteiger partial charge is 0.352 e. The Morgan fingerprint density at radius 2 is 1.94 bits per heavy atom. The van der Waals surface area contributed by atoms with Crippen LogP contribution in [-0.4, -0.2) is 87.6 Å². The minimum Gasteiger partial charge on any atom is -0.477 e. The van der Waals surface area contributed by atoms with Gasteiger partial charge < -0.3 is 25.8 Å². The van der Waals surface area contributed by atoms with Crippen LogP contribution in [0.1, 0.15) is 18.5 Å². The number of β-lactam (4-membered cyclic amide) rings is 1. The van der Waals surface area contributed by atoms with Gasteiger partial charge in [0.25, 0.3) is 5.91 Å². The van der Waals surface area contributed by atoms with Gasteiger partial charge in [-0.3, -0.25) is 19.3 Å². The summed E-state index contributed by atoms with van der Waals surface area (Å²) in [5.41, 5.74) is 0.427. The number of hydrogen-bond donors (Lipinski definition) is 4. The lowest BCUT2D eigenvalue weighted by molar-refractivity contribution is -0.151. The molecule has 4 rings (SSSR count). The number of nitrogens with one attached hydrogen (secondary N) is 3. The van der Waals surface area contributed by atoms with Crippen LogP contribution >= 0.6 is 11.8 Å². The molecule has 14 heteroatoms. The van der Waals surface area contributed by atoms with Crippen LogP contribution in [-0.2, 0) is 23.9 Å². The first-order valence-electron chi connectivity index (χ1n) is 10.9. The van der Waals surface area contributed by atoms with E-state index in [-0.39, 0.29) is 30.2 Å². The lowest BCUT2D eigenvalue weighted by Gasteiger charge is -2.49. The summed E-state index contributed by atoms with van der Waals surface area (Å²) in [7, 11) is 0. The zero-order valence-electron chi connectivity index (χ0n) is 19.1. The van der Waals surface area contributed by atoms with Crippen LogP contribution in [0.5, 0.6) is 0 Å². The van der Waals surface area contributed by atoms with E-state index in [9.17, 15) is 33.9 Å². The molecule has 2 fully saturated rings. The van der Waals surface area contributed by atoms with E-state index in [0.29, 0.717) is 12.1 Å². The van der Waals surface area contributed by atoms with E-state index in [4.69, 9.17) is 4.74 Å². The molecule has 0 aliphatic carbocycles. The number of thioether (sulfide) groups is 1. The normalized spacial score (nSPS) is 21.7. The lowest BCUT2D eigenvalue weighted by atomic mass is 10.0. The van der Waals surface area contributed by atoms with Crippen molar-refractivity contribution in [3.63, 3.8) is 0 Å². The number of esters is 1. The fraction of sp³-hybridized carbons (Fsp3) is 0.364. The van der Waals surface area contributed by atoms with Gasteiger partial charge in [0, 0.05) is 31.3 Å². The summed E-state index contributed by atoms with van der Waals surface area (Å²) in [5.74, 6) is -3.09. The van der Waals surface area contributed by atoms with E-state index in [2.05, 4.69) is 16.0 Å². The molecule has 2 unspecified atom stereocenters. The summed E-state index contributed by atoms with van der Waals surface area (Å²) >= 11 is 1.22. The maximum Gasteiger partial charge on any atom is 0.352 e. The predicted molar refractivity (Wildman–Crippen MR) is 124 cm³/mol. The molecule has 3 aliphatic rings. The first-order chi connectivity index (χ1) is 17.2. The number of aliphatic carboxylic acids is 1. The number of carboxylic acid groups (broad SMARTS) is 1. The number of carbonyl (C=O) groups excluding carboxylic acids is 5. The van der Waals surface area contributed by atoms with E-state index in [1.807, 2.05) is 0 Å². The van der Waals surface area contributed by atoms with Gasteiger partial charge in [0.2, 0.25) is 5.91 Å². The zero-order chi connectivity index (χ0) is 26.0. The summed E-state index contributed by atoms with van der Waals surface area (Å²) in [5, 5.41) is 16.6. The number of urea groups is 2. The van der Waals surface area contributed by atoms with E-state index in [0.717, 1.165) is 9.80 Å². The monoisotopic (exact) mass is 517 g/mol. The van der Waals surface area contributed by atoms with Crippen molar-refractivity contribution in [1.29, 1.82) is 0 Å². The third-order valence-electron chi connectivity index (χ3n) is 5.76. The number of fused-ring (bicyclic) bond motifs is 1. The topological polar surface area (TPSA) is 174 Å². The number of amides is 6. The molecular formula is C22H23N5O8S. The van der Waals surface area contributed by atoms with Crippen LogP contribution in [0.15, 0.2) is 41.6 Å². The Morgan fingerprint density at radius 1 is 1.22 bits per heavy atom. The van der Waals surface area contributed by atoms with Crippen molar-refractivity contribution in [2.45, 2.75) is 24.4 Å². The van der Waals surface area contributed by atoms with Crippen LogP contribution < -0.4 is 16.0 Å². The molecular weight excluding hydrogens is 494 g/mol. The van der Waals surface area contributed by atoms with Crippen molar-refractivity contribution in [1.82, 2.24) is 25.8 Å². The minimum atomic E-state index is -1.35. The van der Waals surface area contributed by atoms with Crippen LogP contribution in [0.2, 0.25) is 0 Å². The first kappa shape index (κ1) is 25.0. The molecule has 1 aromatic carbocycles. The number of carboxylic acids is 1. The second-order valence-electron chi connectivity index (χ2n) is 8.11. The number of carbonyl (C=O) groups is 6. The Labute approximate surface area is 209 Å². The largest absolute Gasteiger partial charge is 0.477 e. The minimum absolute atomic E-state index is 0.141. The van der Waals surface area contributed by atoms with Gasteiger partial charge >= 0.3 is 24.0 Å². The number of hydrogen-bond acceptors (Lipinski definition) is 8. The molecule has 1 aromatic rings. The van der Waals surface area contributed by atoms with Gasteiger partial charge in [0.15, 0.2) is 0 Å². The highest BCUT2D eigenvalue weighted by atomic mass is 32.2. The summed E-state index contributed by atoms with van der Waals surface area (Å²) in [6.45, 7) is 1.36. The standard InChI is InChI=1S/C22H23N5O8S/c1-11(28)35-9-13-10-36-19-15(18(30)27(19)16(13)20(31)32)24-17(29)14(12-5-3-2-4-6-12)25-22(34)26-8-7-23-21(26)33/h2-6,14-15,19H,7-10H2,1H3,(H,23,33)(H,24,29)(H,25,34)(H,31,32)/t14?,15?,19-/m1/s1. The van der Waals surface area contributed by atoms with Gasteiger partial charge in [-0.15, -0.1) is 11.8 Å². The van der Waals surface area contributed by atoms with Crippen molar-refractivity contribution < 1.29 is 38.6 Å². The molecule has 190 valence electrons. The van der Waals surface area contributed by atoms with Crippen molar-refractivity contribution in [3.8, 4) is 0 Å². The third-order valence-corrected chi connectivity index (χ3v) is 7.10. The van der Waals surface area contributed by atoms with Crippen molar-refractivity contribution in [2.24, 2.45) is 0 Å². The molecule has 0 saturated carbocycles. The van der Waals surface area contributed by atoms with E-state index in [1.54, 1.807) is 30.3 Å². The van der Waals surface area contributed by atoms with Crippen LogP contribution in [0.25, 0.3) is 0 Å². The maximum absolute atomic E-state index is 13.2. The van der Waals surface area contributed by atoms with Gasteiger partial charge in [-0.2, -0.15) is 0 Å². The van der Waals surface area contributed by atoms with Gasteiger partial charge in [0.1, 0.15) is 29.8 Å². The first-order valence-corrected chi connectivity index (χ1v) is 12.0. The number of nitrogens with zero attached hydrogens (tertiary/aromatic N) is 2. The number of ether oxygens (including phenoxy) is 1. The maximum atomic E-state index is 13.2. The molecule has 0 spiro atoms. The van der Waals surface area contributed by atoms with Crippen molar-refractivity contribution >= 4 is 47.6 Å². The van der Waals surface area contributed by atoms with Crippen LogP contribution in [0.4, 0.5) is 9.59 Å². The van der Waals surface area contributed by atoms with E-state index >= 15 is 0 Å². The Bertz CT molecular complexity index is 1160. The molecule has 0 bridgehead atoms. The SMILES string of the molecule is CC(=O)OCC1=C(C(=O)O)N2C(=O)C(NC(=O)C(NC(=O)N3CCNC3=O)c3ccccc3)[C@H]2SC1. The van der Waals surface area contributed by atoms with E-state index < -0.39 is 53.3 Å². The average Bonchev–Trinajstić information content (AvgIpc) is 3.29. The molecule has 3 aliphatic heterocycles. The summed E-state index contributed by atoms with van der Waals surface area (Å²) in [6, 6.07) is 4.71. The van der Waals surface area contributed by atoms with Crippen molar-refractivity contribution in [3.05, 3.63) is 47.2 Å². The second-order valence-corrected chi connectivity index (χ2v) is 9.22. The average molecular weight is 518 g/mol. The highest BCUT2D eigenvalue weighted by Gasteiger charge is 2.54. The molecule has 3 atom stereocenters. The number of benzene rings is 1. The number of imide groups is 1. The summed E-state index contributed by atoms with van der Waals surface area (Å²) < 4.78 is 4.91. The molecule has 13 nitrogen and oxygen atoms in total. The van der Waals surface area contributed by atoms with E-state index in [1.165, 1.54) is 18.7 Å². The van der Waals surface area contributed by atoms with Gasteiger partial charge in [0.05, 0.1) is 0 Å². The molecule has 0 aromatic heterocycles. The summed E-state index contributed by atoms with van der Waals surface area (Å²) in [6.07, 6.45) is 0. The Hall–Kier alpha value is -4.07. The van der Waals surface area contributed by atoms with Gasteiger partial charge in [-0.1, -0.05) is 30.3 Å². The molecule has 3 heterocycles. The molecule has 36 heavy (non-hydrogen) atoms. The lowest BCUT2D eigenvalue weighted by Crippen LogP contribution is -2.71. The molecule has 2 saturated heterocycles. The molecule has 4 N–H and O–H groups in total. The van der Waals surface area contributed by atoms with Crippen LogP contribution in [0, 0.1) is 0 Å². The Morgan fingerprint density at radius 3 is 2.56 bits per heavy atom. The van der Waals surface area contributed by atoms with Crippen molar-refractivity contribution in [2.75, 3.05) is 25.4 Å². The predicted octanol–water partition coefficient (Wildman–Crippen LogP) is -0.236. The Balaban J connectivity index is 1.50. The molecule has 0 radical (unpaired) electrons. The van der Waals surface area contributed by atoms with Gasteiger partial charge in [-0.05, 0) is 5.56 Å².